The van der Waals surface area contributed by atoms with Gasteiger partial charge in [0.05, 0.1) is 33.5 Å². The Balaban J connectivity index is 2.19. The van der Waals surface area contributed by atoms with Crippen LogP contribution < -0.4 is 10.2 Å². The van der Waals surface area contributed by atoms with E-state index in [2.05, 4.69) is 0 Å². The van der Waals surface area contributed by atoms with Crippen molar-refractivity contribution in [3.63, 3.8) is 0 Å². The highest BCUT2D eigenvalue weighted by Crippen LogP contribution is 2.38. The Kier molecular flexibility index (Phi) is 6.80. The van der Waals surface area contributed by atoms with Crippen LogP contribution in [-0.4, -0.2) is 36.1 Å². The van der Waals surface area contributed by atoms with Gasteiger partial charge in [-0.1, -0.05) is 23.2 Å². The van der Waals surface area contributed by atoms with Crippen molar-refractivity contribution >= 4 is 35.8 Å². The van der Waals surface area contributed by atoms with Crippen molar-refractivity contribution in [2.45, 2.75) is 91.1 Å². The largest absolute Gasteiger partial charge is 0.496 e. The molecule has 4 nitrogen and oxygen atoms in total. The van der Waals surface area contributed by atoms with E-state index in [-0.39, 0.29) is 5.60 Å². The van der Waals surface area contributed by atoms with Gasteiger partial charge in [-0.25, -0.2) is 0 Å². The van der Waals surface area contributed by atoms with Crippen LogP contribution in [0.15, 0.2) is 12.1 Å². The van der Waals surface area contributed by atoms with Gasteiger partial charge in [0.2, 0.25) is 0 Å². The molecule has 0 N–H and O–H groups in total. The lowest BCUT2D eigenvalue weighted by Gasteiger charge is -2.32. The summed E-state index contributed by atoms with van der Waals surface area (Å²) in [4.78, 5) is 0. The summed E-state index contributed by atoms with van der Waals surface area (Å²) in [5.41, 5.74) is -0.870. The summed E-state index contributed by atoms with van der Waals surface area (Å²) in [5.74, 6) is 0.625. The first-order valence-corrected chi connectivity index (χ1v) is 10.5. The summed E-state index contributed by atoms with van der Waals surface area (Å²) in [7, 11) is -0.606. The summed E-state index contributed by atoms with van der Waals surface area (Å²) in [6, 6.07) is 3.58. The lowest BCUT2D eigenvalue weighted by atomic mass is 9.79. The molecule has 2 rings (SSSR count). The molecule has 0 aromatic heterocycles. The molecule has 0 bridgehead atoms. The third kappa shape index (κ3) is 5.79. The van der Waals surface area contributed by atoms with Crippen LogP contribution >= 0.6 is 23.2 Å². The Morgan fingerprint density at radius 1 is 0.964 bits per heavy atom. The van der Waals surface area contributed by atoms with Gasteiger partial charge in [-0.15, -0.1) is 0 Å². The van der Waals surface area contributed by atoms with Gasteiger partial charge in [0.15, 0.2) is 0 Å². The molecule has 1 aliphatic rings. The fraction of sp³-hybridized carbons (Fsp3) is 0.714. The third-order valence-electron chi connectivity index (χ3n) is 5.17. The van der Waals surface area contributed by atoms with Crippen LogP contribution in [0, 0.1) is 0 Å². The molecule has 7 heteroatoms. The van der Waals surface area contributed by atoms with Crippen LogP contribution in [-0.2, 0) is 14.0 Å². The number of halogens is 2. The molecule has 158 valence electrons. The van der Waals surface area contributed by atoms with Crippen molar-refractivity contribution in [1.82, 2.24) is 0 Å². The fourth-order valence-electron chi connectivity index (χ4n) is 2.76. The van der Waals surface area contributed by atoms with Crippen molar-refractivity contribution in [2.24, 2.45) is 0 Å². The molecular formula is C21H33BCl2O4. The maximum Gasteiger partial charge on any atom is 0.496 e. The van der Waals surface area contributed by atoms with E-state index in [0.717, 1.165) is 6.42 Å². The highest BCUT2D eigenvalue weighted by molar-refractivity contribution is 6.66. The second kappa shape index (κ2) is 8.00. The minimum absolute atomic E-state index is 0.177. The zero-order valence-corrected chi connectivity index (χ0v) is 20.0. The Morgan fingerprint density at radius 2 is 1.50 bits per heavy atom. The van der Waals surface area contributed by atoms with E-state index in [0.29, 0.717) is 27.9 Å². The molecule has 0 saturated carbocycles. The summed E-state index contributed by atoms with van der Waals surface area (Å²) in [6.45, 7) is 18.8. The van der Waals surface area contributed by atoms with E-state index in [4.69, 9.17) is 42.0 Å². The van der Waals surface area contributed by atoms with Crippen molar-refractivity contribution < 1.29 is 18.8 Å². The number of hydrogen-bond acceptors (Lipinski definition) is 4. The van der Waals surface area contributed by atoms with Gasteiger partial charge in [-0.3, -0.25) is 0 Å². The zero-order valence-electron chi connectivity index (χ0n) is 18.5. The van der Waals surface area contributed by atoms with Gasteiger partial charge < -0.3 is 18.8 Å². The summed E-state index contributed by atoms with van der Waals surface area (Å²) in [5, 5.41) is 0.826. The Bertz CT molecular complexity index is 695. The molecule has 1 heterocycles. The van der Waals surface area contributed by atoms with Crippen LogP contribution in [0.4, 0.5) is 0 Å². The molecule has 28 heavy (non-hydrogen) atoms. The Morgan fingerprint density at radius 3 is 2.00 bits per heavy atom. The lowest BCUT2D eigenvalue weighted by molar-refractivity contribution is -0.0292. The lowest BCUT2D eigenvalue weighted by Crippen LogP contribution is -2.41. The topological polar surface area (TPSA) is 36.9 Å². The molecule has 1 aromatic rings. The first-order valence-electron chi connectivity index (χ1n) is 9.71. The molecular weight excluding hydrogens is 398 g/mol. The van der Waals surface area contributed by atoms with Crippen LogP contribution in [0.5, 0.6) is 5.75 Å². The maximum atomic E-state index is 6.47. The van der Waals surface area contributed by atoms with Gasteiger partial charge in [0.1, 0.15) is 11.4 Å². The van der Waals surface area contributed by atoms with Crippen molar-refractivity contribution in [1.29, 1.82) is 0 Å². The van der Waals surface area contributed by atoms with E-state index in [9.17, 15) is 0 Å². The molecule has 1 aliphatic heterocycles. The molecule has 0 spiro atoms. The molecule has 0 aliphatic carbocycles. The smallest absolute Gasteiger partial charge is 0.488 e. The van der Waals surface area contributed by atoms with E-state index >= 15 is 0 Å². The van der Waals surface area contributed by atoms with Gasteiger partial charge in [-0.2, -0.15) is 0 Å². The third-order valence-corrected chi connectivity index (χ3v) is 5.99. The molecule has 1 fully saturated rings. The quantitative estimate of drug-likeness (QED) is 0.546. The number of hydrogen-bond donors (Lipinski definition) is 0. The number of rotatable bonds is 6. The fourth-order valence-corrected chi connectivity index (χ4v) is 3.17. The van der Waals surface area contributed by atoms with Gasteiger partial charge in [0.25, 0.3) is 0 Å². The molecule has 1 aromatic carbocycles. The molecule has 0 atom stereocenters. The van der Waals surface area contributed by atoms with Crippen LogP contribution in [0.3, 0.4) is 0 Å². The zero-order chi connectivity index (χ0) is 21.5. The Hall–Kier alpha value is -0.455. The molecule has 0 unspecified atom stereocenters. The average molecular weight is 431 g/mol. The minimum atomic E-state index is -0.606. The molecule has 0 amide bonds. The normalized spacial score (nSPS) is 19.2. The van der Waals surface area contributed by atoms with Gasteiger partial charge >= 0.3 is 7.12 Å². The highest BCUT2D eigenvalue weighted by Gasteiger charge is 2.52. The highest BCUT2D eigenvalue weighted by atomic mass is 35.5. The van der Waals surface area contributed by atoms with Gasteiger partial charge in [-0.05, 0) is 68.4 Å². The first-order chi connectivity index (χ1) is 12.5. The van der Waals surface area contributed by atoms with Crippen molar-refractivity contribution in [3.8, 4) is 5.75 Å². The van der Waals surface area contributed by atoms with E-state index in [1.54, 1.807) is 6.07 Å². The Labute approximate surface area is 180 Å². The average Bonchev–Trinajstić information content (AvgIpc) is 2.68. The predicted octanol–water partition coefficient (Wildman–Crippen LogP) is 5.66. The van der Waals surface area contributed by atoms with Crippen LogP contribution in [0.25, 0.3) is 0 Å². The van der Waals surface area contributed by atoms with E-state index in [1.165, 1.54) is 0 Å². The summed E-state index contributed by atoms with van der Waals surface area (Å²) < 4.78 is 24.3. The first kappa shape index (κ1) is 23.8. The van der Waals surface area contributed by atoms with E-state index < -0.39 is 23.9 Å². The monoisotopic (exact) mass is 430 g/mol. The standard InChI is InChI=1S/C21H33BCl2O4/c1-18(2,3)25-11-10-19(4,5)26-14-12-15(17(24)16(23)13-14)22-27-20(6,7)21(8,9)28-22/h12-13H,10-11H2,1-9H3. The second-order valence-corrected chi connectivity index (χ2v) is 10.8. The van der Waals surface area contributed by atoms with Crippen LogP contribution in [0.2, 0.25) is 10.0 Å². The molecule has 0 radical (unpaired) electrons. The number of ether oxygens (including phenoxy) is 2. The SMILES string of the molecule is CC(C)(C)OCCC(C)(C)Oc1cc(Cl)c(Cl)c(B2OC(C)(C)C(C)(C)O2)c1. The maximum absolute atomic E-state index is 6.47. The summed E-state index contributed by atoms with van der Waals surface area (Å²) >= 11 is 12.9. The van der Waals surface area contributed by atoms with Crippen LogP contribution in [0.1, 0.15) is 68.7 Å². The number of benzene rings is 1. The summed E-state index contributed by atoms with van der Waals surface area (Å²) in [6.07, 6.45) is 0.732. The van der Waals surface area contributed by atoms with E-state index in [1.807, 2.05) is 68.4 Å². The molecule has 1 saturated heterocycles. The van der Waals surface area contributed by atoms with Gasteiger partial charge in [0, 0.05) is 17.9 Å². The van der Waals surface area contributed by atoms with Crippen molar-refractivity contribution in [3.05, 3.63) is 22.2 Å². The second-order valence-electron chi connectivity index (χ2n) is 9.97. The van der Waals surface area contributed by atoms with Crippen molar-refractivity contribution in [2.75, 3.05) is 6.61 Å². The predicted molar refractivity (Wildman–Crippen MR) is 117 cm³/mol. The minimum Gasteiger partial charge on any atom is -0.488 e.